The first-order chi connectivity index (χ1) is 5.49. The van der Waals surface area contributed by atoms with E-state index in [0.29, 0.717) is 0 Å². The van der Waals surface area contributed by atoms with Crippen molar-refractivity contribution < 1.29 is 9.00 Å². The highest BCUT2D eigenvalue weighted by atomic mass is 32.2. The van der Waals surface area contributed by atoms with Crippen LogP contribution in [0.4, 0.5) is 0 Å². The molecule has 0 heterocycles. The van der Waals surface area contributed by atoms with E-state index in [4.69, 9.17) is 0 Å². The van der Waals surface area contributed by atoms with Crippen LogP contribution in [0.3, 0.4) is 0 Å². The van der Waals surface area contributed by atoms with Crippen molar-refractivity contribution in [2.24, 2.45) is 5.92 Å². The minimum atomic E-state index is -0.974. The Hall–Kier alpha value is -0.180. The Kier molecular flexibility index (Phi) is 5.38. The molecule has 0 N–H and O–H groups in total. The number of hydrogen-bond acceptors (Lipinski definition) is 2. The highest BCUT2D eigenvalue weighted by molar-refractivity contribution is 7.86. The van der Waals surface area contributed by atoms with Gasteiger partial charge in [-0.25, -0.2) is 0 Å². The average molecular weight is 190 g/mol. The first-order valence-corrected chi connectivity index (χ1v) is 5.77. The molecular weight excluding hydrogens is 172 g/mol. The topological polar surface area (TPSA) is 34.1 Å². The van der Waals surface area contributed by atoms with E-state index >= 15 is 0 Å². The van der Waals surface area contributed by atoms with E-state index in [9.17, 15) is 9.00 Å². The molecule has 0 aromatic rings. The lowest BCUT2D eigenvalue weighted by atomic mass is 10.1. The second-order valence-electron chi connectivity index (χ2n) is 3.35. The quantitative estimate of drug-likeness (QED) is 0.662. The van der Waals surface area contributed by atoms with Crippen molar-refractivity contribution in [1.82, 2.24) is 0 Å². The van der Waals surface area contributed by atoms with E-state index in [1.807, 2.05) is 27.7 Å². The van der Waals surface area contributed by atoms with Crippen LogP contribution in [-0.2, 0) is 15.6 Å². The standard InChI is InChI=1S/C9H18O2S/c1-5-8(4)9(10)6-12(11)7(2)3/h7-8H,5-6H2,1-4H3. The van der Waals surface area contributed by atoms with Crippen LogP contribution < -0.4 is 0 Å². The van der Waals surface area contributed by atoms with Gasteiger partial charge in [-0.15, -0.1) is 0 Å². The van der Waals surface area contributed by atoms with E-state index in [0.717, 1.165) is 6.42 Å². The fourth-order valence-corrected chi connectivity index (χ4v) is 1.58. The smallest absolute Gasteiger partial charge is 0.148 e. The Morgan fingerprint density at radius 1 is 1.33 bits per heavy atom. The summed E-state index contributed by atoms with van der Waals surface area (Å²) in [5.41, 5.74) is 0. The van der Waals surface area contributed by atoms with Crippen molar-refractivity contribution in [1.29, 1.82) is 0 Å². The van der Waals surface area contributed by atoms with Crippen LogP contribution in [0.25, 0.3) is 0 Å². The summed E-state index contributed by atoms with van der Waals surface area (Å²) in [6, 6.07) is 0. The number of carbonyl (C=O) groups is 1. The summed E-state index contributed by atoms with van der Waals surface area (Å²) in [6.45, 7) is 7.61. The third-order valence-corrected chi connectivity index (χ3v) is 3.59. The molecule has 0 aliphatic rings. The number of carbonyl (C=O) groups excluding carboxylic acids is 1. The van der Waals surface area contributed by atoms with Gasteiger partial charge in [0.1, 0.15) is 5.78 Å². The monoisotopic (exact) mass is 190 g/mol. The maximum Gasteiger partial charge on any atom is 0.148 e. The van der Waals surface area contributed by atoms with Crippen LogP contribution in [0.5, 0.6) is 0 Å². The number of rotatable bonds is 5. The normalized spacial score (nSPS) is 16.1. The maximum absolute atomic E-state index is 11.3. The van der Waals surface area contributed by atoms with Gasteiger partial charge in [-0.2, -0.15) is 0 Å². The van der Waals surface area contributed by atoms with Gasteiger partial charge in [0.25, 0.3) is 0 Å². The second-order valence-corrected chi connectivity index (χ2v) is 5.34. The van der Waals surface area contributed by atoms with E-state index in [2.05, 4.69) is 0 Å². The van der Waals surface area contributed by atoms with Gasteiger partial charge >= 0.3 is 0 Å². The molecule has 0 aliphatic heterocycles. The van der Waals surface area contributed by atoms with Gasteiger partial charge in [0.2, 0.25) is 0 Å². The molecule has 0 saturated heterocycles. The molecular formula is C9H18O2S. The summed E-state index contributed by atoms with van der Waals surface area (Å²) in [4.78, 5) is 11.3. The lowest BCUT2D eigenvalue weighted by Gasteiger charge is -2.08. The first kappa shape index (κ1) is 11.8. The van der Waals surface area contributed by atoms with E-state index < -0.39 is 10.8 Å². The lowest BCUT2D eigenvalue weighted by Crippen LogP contribution is -2.22. The SMILES string of the molecule is CCC(C)C(=O)CS(=O)C(C)C. The molecule has 0 radical (unpaired) electrons. The molecule has 0 aromatic carbocycles. The Morgan fingerprint density at radius 3 is 2.17 bits per heavy atom. The zero-order valence-corrected chi connectivity index (χ0v) is 9.11. The fourth-order valence-electron chi connectivity index (χ4n) is 0.677. The molecule has 2 unspecified atom stereocenters. The second kappa shape index (κ2) is 5.46. The molecule has 0 saturated carbocycles. The summed E-state index contributed by atoms with van der Waals surface area (Å²) in [7, 11) is -0.974. The number of hydrogen-bond donors (Lipinski definition) is 0. The van der Waals surface area contributed by atoms with Gasteiger partial charge in [-0.3, -0.25) is 9.00 Å². The van der Waals surface area contributed by atoms with Crippen LogP contribution in [-0.4, -0.2) is 21.0 Å². The van der Waals surface area contributed by atoms with Crippen molar-refractivity contribution in [2.75, 3.05) is 5.75 Å². The number of Topliss-reactive ketones (excluding diaryl/α,β-unsaturated/α-hetero) is 1. The fraction of sp³-hybridized carbons (Fsp3) is 0.889. The van der Waals surface area contributed by atoms with Crippen molar-refractivity contribution in [2.45, 2.75) is 39.4 Å². The van der Waals surface area contributed by atoms with Gasteiger partial charge < -0.3 is 0 Å². The largest absolute Gasteiger partial charge is 0.298 e. The molecule has 2 nitrogen and oxygen atoms in total. The van der Waals surface area contributed by atoms with Crippen LogP contribution >= 0.6 is 0 Å². The Labute approximate surface area is 77.2 Å². The van der Waals surface area contributed by atoms with Crippen LogP contribution in [0.1, 0.15) is 34.1 Å². The average Bonchev–Trinajstić information content (AvgIpc) is 2.02. The van der Waals surface area contributed by atoms with Crippen molar-refractivity contribution in [3.8, 4) is 0 Å². The minimum absolute atomic E-state index is 0.0627. The van der Waals surface area contributed by atoms with Crippen molar-refractivity contribution >= 4 is 16.6 Å². The van der Waals surface area contributed by atoms with Crippen LogP contribution in [0.15, 0.2) is 0 Å². The summed E-state index contributed by atoms with van der Waals surface area (Å²) in [6.07, 6.45) is 0.841. The summed E-state index contributed by atoms with van der Waals surface area (Å²) >= 11 is 0. The molecule has 3 heteroatoms. The Bertz CT molecular complexity index is 175. The zero-order chi connectivity index (χ0) is 9.72. The molecule has 0 bridgehead atoms. The molecule has 0 amide bonds. The number of ketones is 1. The maximum atomic E-state index is 11.3. The highest BCUT2D eigenvalue weighted by Crippen LogP contribution is 2.05. The Balaban J connectivity index is 3.93. The molecule has 12 heavy (non-hydrogen) atoms. The van der Waals surface area contributed by atoms with Crippen LogP contribution in [0, 0.1) is 5.92 Å². The predicted molar refractivity (Wildman–Crippen MR) is 52.6 cm³/mol. The van der Waals surface area contributed by atoms with Gasteiger partial charge in [0, 0.05) is 22.0 Å². The van der Waals surface area contributed by atoms with Gasteiger partial charge in [0.15, 0.2) is 0 Å². The van der Waals surface area contributed by atoms with Gasteiger partial charge in [-0.05, 0) is 6.42 Å². The summed E-state index contributed by atoms with van der Waals surface area (Å²) < 4.78 is 11.3. The third-order valence-electron chi connectivity index (χ3n) is 1.97. The van der Waals surface area contributed by atoms with Crippen molar-refractivity contribution in [3.05, 3.63) is 0 Å². The van der Waals surface area contributed by atoms with Crippen molar-refractivity contribution in [3.63, 3.8) is 0 Å². The van der Waals surface area contributed by atoms with E-state index in [-0.39, 0.29) is 22.7 Å². The lowest BCUT2D eigenvalue weighted by molar-refractivity contribution is -0.119. The van der Waals surface area contributed by atoms with Gasteiger partial charge in [-0.1, -0.05) is 27.7 Å². The highest BCUT2D eigenvalue weighted by Gasteiger charge is 2.15. The molecule has 0 rings (SSSR count). The molecule has 0 spiro atoms. The summed E-state index contributed by atoms with van der Waals surface area (Å²) in [5, 5.41) is 0.0954. The summed E-state index contributed by atoms with van der Waals surface area (Å²) in [5.74, 6) is 0.421. The van der Waals surface area contributed by atoms with E-state index in [1.54, 1.807) is 0 Å². The molecule has 0 aromatic heterocycles. The van der Waals surface area contributed by atoms with Gasteiger partial charge in [0.05, 0.1) is 5.75 Å². The first-order valence-electron chi connectivity index (χ1n) is 4.38. The zero-order valence-electron chi connectivity index (χ0n) is 8.29. The van der Waals surface area contributed by atoms with Crippen LogP contribution in [0.2, 0.25) is 0 Å². The molecule has 0 aliphatic carbocycles. The molecule has 2 atom stereocenters. The Morgan fingerprint density at radius 2 is 1.83 bits per heavy atom. The minimum Gasteiger partial charge on any atom is -0.298 e. The molecule has 0 fully saturated rings. The molecule has 72 valence electrons. The van der Waals surface area contributed by atoms with E-state index in [1.165, 1.54) is 0 Å². The predicted octanol–water partition coefficient (Wildman–Crippen LogP) is 1.76. The third kappa shape index (κ3) is 4.00.